The van der Waals surface area contributed by atoms with E-state index in [1.807, 2.05) is 11.9 Å². The Balaban J connectivity index is 2.49. The maximum Gasteiger partial charge on any atom is 0.107 e. The summed E-state index contributed by atoms with van der Waals surface area (Å²) < 4.78 is 0. The van der Waals surface area contributed by atoms with Crippen LogP contribution in [0.15, 0.2) is 0 Å². The molecule has 0 aliphatic carbocycles. The fourth-order valence-corrected chi connectivity index (χ4v) is 1.60. The van der Waals surface area contributed by atoms with Gasteiger partial charge in [-0.3, -0.25) is 4.90 Å². The van der Waals surface area contributed by atoms with E-state index in [-0.39, 0.29) is 6.23 Å². The Morgan fingerprint density at radius 2 is 2.10 bits per heavy atom. The molecule has 2 nitrogen and oxygen atoms in total. The third kappa shape index (κ3) is 1.70. The summed E-state index contributed by atoms with van der Waals surface area (Å²) in [5.41, 5.74) is 0.397. The molecule has 1 heterocycles. The van der Waals surface area contributed by atoms with Crippen LogP contribution in [-0.4, -0.2) is 29.8 Å². The van der Waals surface area contributed by atoms with Crippen molar-refractivity contribution in [2.75, 3.05) is 13.6 Å². The van der Waals surface area contributed by atoms with Crippen molar-refractivity contribution in [1.29, 1.82) is 0 Å². The molecule has 1 N–H and O–H groups in total. The van der Waals surface area contributed by atoms with E-state index in [2.05, 4.69) is 13.8 Å². The van der Waals surface area contributed by atoms with Gasteiger partial charge in [-0.05, 0) is 25.3 Å². The lowest BCUT2D eigenvalue weighted by atomic mass is 9.84. The molecule has 0 aromatic carbocycles. The summed E-state index contributed by atoms with van der Waals surface area (Å²) in [6, 6.07) is 0. The molecule has 1 rings (SSSR count). The molecule has 0 amide bonds. The van der Waals surface area contributed by atoms with E-state index in [1.165, 1.54) is 0 Å². The highest BCUT2D eigenvalue weighted by atomic mass is 16.3. The van der Waals surface area contributed by atoms with Gasteiger partial charge in [0.05, 0.1) is 0 Å². The molecule has 1 unspecified atom stereocenters. The number of aliphatic hydroxyl groups is 1. The highest BCUT2D eigenvalue weighted by molar-refractivity contribution is 4.79. The van der Waals surface area contributed by atoms with Crippen molar-refractivity contribution in [3.05, 3.63) is 0 Å². The Morgan fingerprint density at radius 3 is 2.50 bits per heavy atom. The molecule has 0 spiro atoms. The predicted octanol–water partition coefficient (Wildman–Crippen LogP) is 1.06. The molecule has 1 aliphatic rings. The molecule has 0 aromatic heterocycles. The van der Waals surface area contributed by atoms with Gasteiger partial charge in [0, 0.05) is 6.54 Å². The Bertz CT molecular complexity index is 122. The average Bonchev–Trinajstić information content (AvgIpc) is 1.79. The zero-order valence-corrected chi connectivity index (χ0v) is 7.09. The quantitative estimate of drug-likeness (QED) is 0.548. The minimum atomic E-state index is -0.201. The summed E-state index contributed by atoms with van der Waals surface area (Å²) in [6.07, 6.45) is 1.86. The van der Waals surface area contributed by atoms with Crippen LogP contribution >= 0.6 is 0 Å². The highest BCUT2D eigenvalue weighted by Gasteiger charge is 2.29. The summed E-state index contributed by atoms with van der Waals surface area (Å²) in [5, 5.41) is 9.34. The van der Waals surface area contributed by atoms with Crippen LogP contribution in [0.5, 0.6) is 0 Å². The van der Waals surface area contributed by atoms with Crippen molar-refractivity contribution in [3.8, 4) is 0 Å². The van der Waals surface area contributed by atoms with Crippen LogP contribution in [0.2, 0.25) is 0 Å². The summed E-state index contributed by atoms with van der Waals surface area (Å²) in [6.45, 7) is 5.50. The van der Waals surface area contributed by atoms with Crippen molar-refractivity contribution in [3.63, 3.8) is 0 Å². The first-order valence-electron chi connectivity index (χ1n) is 3.90. The molecular formula is C8H17NO. The molecule has 10 heavy (non-hydrogen) atoms. The zero-order valence-electron chi connectivity index (χ0n) is 7.09. The molecule has 1 aliphatic heterocycles. The summed E-state index contributed by atoms with van der Waals surface area (Å²) in [7, 11) is 1.98. The second-order valence-electron chi connectivity index (χ2n) is 4.10. The van der Waals surface area contributed by atoms with Gasteiger partial charge in [-0.15, -0.1) is 0 Å². The fraction of sp³-hybridized carbons (Fsp3) is 1.00. The molecular weight excluding hydrogens is 126 g/mol. The van der Waals surface area contributed by atoms with Gasteiger partial charge in [-0.25, -0.2) is 0 Å². The molecule has 0 aromatic rings. The van der Waals surface area contributed by atoms with E-state index in [1.54, 1.807) is 0 Å². The number of hydrogen-bond acceptors (Lipinski definition) is 2. The van der Waals surface area contributed by atoms with Gasteiger partial charge < -0.3 is 5.11 Å². The first kappa shape index (κ1) is 8.02. The molecule has 2 heteroatoms. The molecule has 60 valence electrons. The van der Waals surface area contributed by atoms with E-state index >= 15 is 0 Å². The van der Waals surface area contributed by atoms with Crippen LogP contribution in [-0.2, 0) is 0 Å². The van der Waals surface area contributed by atoms with Crippen LogP contribution in [0.1, 0.15) is 26.7 Å². The number of likely N-dealkylation sites (tertiary alicyclic amines) is 1. The molecule has 1 atom stereocenters. The van der Waals surface area contributed by atoms with E-state index in [4.69, 9.17) is 0 Å². The van der Waals surface area contributed by atoms with Crippen LogP contribution in [0, 0.1) is 5.41 Å². The first-order valence-corrected chi connectivity index (χ1v) is 3.90. The van der Waals surface area contributed by atoms with E-state index < -0.39 is 0 Å². The monoisotopic (exact) mass is 143 g/mol. The maximum atomic E-state index is 9.34. The normalized spacial score (nSPS) is 34.2. The van der Waals surface area contributed by atoms with Gasteiger partial charge >= 0.3 is 0 Å². The van der Waals surface area contributed by atoms with Crippen molar-refractivity contribution >= 4 is 0 Å². The topological polar surface area (TPSA) is 23.5 Å². The SMILES string of the molecule is CN1CC(C)(C)CCC1O. The van der Waals surface area contributed by atoms with Crippen LogP contribution in [0.25, 0.3) is 0 Å². The van der Waals surface area contributed by atoms with Gasteiger partial charge in [-0.1, -0.05) is 13.8 Å². The van der Waals surface area contributed by atoms with E-state index in [0.29, 0.717) is 5.41 Å². The Labute approximate surface area is 62.8 Å². The van der Waals surface area contributed by atoms with Crippen molar-refractivity contribution < 1.29 is 5.11 Å². The van der Waals surface area contributed by atoms with Crippen LogP contribution in [0.4, 0.5) is 0 Å². The number of rotatable bonds is 0. The molecule has 1 saturated heterocycles. The minimum absolute atomic E-state index is 0.201. The lowest BCUT2D eigenvalue weighted by Gasteiger charge is -2.39. The lowest BCUT2D eigenvalue weighted by Crippen LogP contribution is -2.44. The van der Waals surface area contributed by atoms with Gasteiger partial charge in [0.15, 0.2) is 0 Å². The second-order valence-corrected chi connectivity index (χ2v) is 4.10. The standard InChI is InChI=1S/C8H17NO/c1-8(2)5-4-7(10)9(3)6-8/h7,10H,4-6H2,1-3H3. The number of nitrogens with zero attached hydrogens (tertiary/aromatic N) is 1. The summed E-state index contributed by atoms with van der Waals surface area (Å²) in [4.78, 5) is 2.02. The first-order chi connectivity index (χ1) is 4.51. The summed E-state index contributed by atoms with van der Waals surface area (Å²) >= 11 is 0. The van der Waals surface area contributed by atoms with E-state index in [0.717, 1.165) is 19.4 Å². The highest BCUT2D eigenvalue weighted by Crippen LogP contribution is 2.29. The van der Waals surface area contributed by atoms with E-state index in [9.17, 15) is 5.11 Å². The number of aliphatic hydroxyl groups excluding tert-OH is 1. The lowest BCUT2D eigenvalue weighted by molar-refractivity contribution is -0.0452. The third-order valence-corrected chi connectivity index (χ3v) is 2.27. The second kappa shape index (κ2) is 2.51. The van der Waals surface area contributed by atoms with Crippen molar-refractivity contribution in [1.82, 2.24) is 4.90 Å². The third-order valence-electron chi connectivity index (χ3n) is 2.27. The number of piperidine rings is 1. The van der Waals surface area contributed by atoms with Gasteiger partial charge in [0.25, 0.3) is 0 Å². The van der Waals surface area contributed by atoms with Crippen molar-refractivity contribution in [2.45, 2.75) is 32.9 Å². The largest absolute Gasteiger partial charge is 0.378 e. The Hall–Kier alpha value is -0.0800. The van der Waals surface area contributed by atoms with Gasteiger partial charge in [0.2, 0.25) is 0 Å². The van der Waals surface area contributed by atoms with Gasteiger partial charge in [0.1, 0.15) is 6.23 Å². The average molecular weight is 143 g/mol. The fourth-order valence-electron chi connectivity index (χ4n) is 1.60. The molecule has 1 fully saturated rings. The molecule has 0 radical (unpaired) electrons. The van der Waals surface area contributed by atoms with Gasteiger partial charge in [-0.2, -0.15) is 0 Å². The zero-order chi connectivity index (χ0) is 7.78. The van der Waals surface area contributed by atoms with Crippen LogP contribution in [0.3, 0.4) is 0 Å². The molecule has 0 bridgehead atoms. The van der Waals surface area contributed by atoms with Crippen LogP contribution < -0.4 is 0 Å². The Kier molecular flexibility index (Phi) is 2.02. The summed E-state index contributed by atoms with van der Waals surface area (Å²) in [5.74, 6) is 0. The predicted molar refractivity (Wildman–Crippen MR) is 41.7 cm³/mol. The Morgan fingerprint density at radius 1 is 1.50 bits per heavy atom. The smallest absolute Gasteiger partial charge is 0.107 e. The molecule has 0 saturated carbocycles. The maximum absolute atomic E-state index is 9.34. The van der Waals surface area contributed by atoms with Crippen molar-refractivity contribution in [2.24, 2.45) is 5.41 Å². The minimum Gasteiger partial charge on any atom is -0.378 e. The number of hydrogen-bond donors (Lipinski definition) is 1.